The van der Waals surface area contributed by atoms with Crippen molar-refractivity contribution in [2.45, 2.75) is 142 Å². The monoisotopic (exact) mass is 620 g/mol. The minimum absolute atomic E-state index is 0.151. The molecule has 4 aliphatic rings. The minimum atomic E-state index is -1.54. The van der Waals surface area contributed by atoms with Crippen molar-refractivity contribution in [3.8, 4) is 0 Å². The summed E-state index contributed by atoms with van der Waals surface area (Å²) < 4.78 is 16.9. The first-order chi connectivity index (χ1) is 20.1. The second-order valence-electron chi connectivity index (χ2n) is 15.4. The van der Waals surface area contributed by atoms with Gasteiger partial charge in [0.1, 0.15) is 23.9 Å². The van der Waals surface area contributed by atoms with Gasteiger partial charge in [-0.25, -0.2) is 0 Å². The second kappa shape index (κ2) is 11.5. The Balaban J connectivity index is 1.71. The van der Waals surface area contributed by atoms with Gasteiger partial charge in [-0.05, 0) is 101 Å². The molecule has 10 nitrogen and oxygen atoms in total. The van der Waals surface area contributed by atoms with Crippen LogP contribution in [0.15, 0.2) is 11.6 Å². The van der Waals surface area contributed by atoms with Gasteiger partial charge >= 0.3 is 17.9 Å². The molecule has 0 spiro atoms. The largest absolute Gasteiger partial charge is 0.459 e. The molecule has 0 aliphatic heterocycles. The molecular formula is C34H52O10. The molecule has 10 heteroatoms. The van der Waals surface area contributed by atoms with Gasteiger partial charge < -0.3 is 29.5 Å². The predicted molar refractivity (Wildman–Crippen MR) is 160 cm³/mol. The quantitative estimate of drug-likeness (QED) is 0.269. The highest BCUT2D eigenvalue weighted by Crippen LogP contribution is 2.69. The summed E-state index contributed by atoms with van der Waals surface area (Å²) in [5.41, 5.74) is -4.85. The molecule has 11 atom stereocenters. The lowest BCUT2D eigenvalue weighted by atomic mass is 9.45. The van der Waals surface area contributed by atoms with Crippen molar-refractivity contribution in [1.29, 1.82) is 0 Å². The van der Waals surface area contributed by atoms with E-state index < -0.39 is 75.7 Å². The topological polar surface area (TPSA) is 157 Å². The Morgan fingerprint density at radius 3 is 2.09 bits per heavy atom. The van der Waals surface area contributed by atoms with Crippen LogP contribution >= 0.6 is 0 Å². The number of carbonyl (C=O) groups excluding carboxylic acids is 4. The van der Waals surface area contributed by atoms with Crippen LogP contribution < -0.4 is 0 Å². The van der Waals surface area contributed by atoms with Gasteiger partial charge in [0.2, 0.25) is 0 Å². The Labute approximate surface area is 260 Å². The number of hydrogen-bond acceptors (Lipinski definition) is 10. The van der Waals surface area contributed by atoms with Crippen LogP contribution in [0.4, 0.5) is 0 Å². The fraction of sp³-hybridized carbons (Fsp3) is 0.824. The first kappa shape index (κ1) is 34.6. The van der Waals surface area contributed by atoms with Crippen LogP contribution in [0, 0.1) is 34.5 Å². The summed E-state index contributed by atoms with van der Waals surface area (Å²) in [6, 6.07) is 0. The van der Waals surface area contributed by atoms with Crippen molar-refractivity contribution in [3.05, 3.63) is 11.6 Å². The van der Waals surface area contributed by atoms with Crippen molar-refractivity contribution in [2.24, 2.45) is 34.5 Å². The molecule has 0 radical (unpaired) electrons. The third-order valence-corrected chi connectivity index (χ3v) is 12.1. The maximum absolute atomic E-state index is 13.8. The Morgan fingerprint density at radius 1 is 0.955 bits per heavy atom. The molecule has 3 N–H and O–H groups in total. The van der Waals surface area contributed by atoms with Gasteiger partial charge in [-0.2, -0.15) is 0 Å². The molecule has 4 rings (SSSR count). The van der Waals surface area contributed by atoms with Crippen LogP contribution in [-0.4, -0.2) is 74.1 Å². The number of carbonyl (C=O) groups is 4. The molecule has 0 amide bonds. The molecular weight excluding hydrogens is 568 g/mol. The number of allylic oxidation sites excluding steroid dienone is 1. The van der Waals surface area contributed by atoms with Crippen LogP contribution in [0.2, 0.25) is 0 Å². The van der Waals surface area contributed by atoms with Gasteiger partial charge in [0, 0.05) is 32.1 Å². The highest BCUT2D eigenvalue weighted by atomic mass is 16.6. The van der Waals surface area contributed by atoms with E-state index in [1.807, 2.05) is 20.8 Å². The van der Waals surface area contributed by atoms with Crippen molar-refractivity contribution >= 4 is 23.7 Å². The fourth-order valence-corrected chi connectivity index (χ4v) is 9.38. The van der Waals surface area contributed by atoms with Gasteiger partial charge in [0.25, 0.3) is 0 Å². The first-order valence-electron chi connectivity index (χ1n) is 16.0. The minimum Gasteiger partial charge on any atom is -0.459 e. The number of fused-ring (bicyclic) bond motifs is 5. The molecule has 248 valence electrons. The SMILES string of the molecule is CC(=O)O[C@H]1C[C@@]2(C)[C@@H](C[C@H]1OC(C)=O)C(=O)C=C1[C@@H]2CC[C@]2(C)[C@@H]([C@@](C)(O)[C@@H](C[C@H](C)C(C)(C)O)OC(C)=O)CC[C@@]12O. The average molecular weight is 621 g/mol. The van der Waals surface area contributed by atoms with Crippen molar-refractivity contribution in [3.63, 3.8) is 0 Å². The molecule has 0 aromatic rings. The zero-order chi connectivity index (χ0) is 33.2. The van der Waals surface area contributed by atoms with Crippen molar-refractivity contribution < 1.29 is 48.7 Å². The molecule has 3 saturated carbocycles. The third-order valence-electron chi connectivity index (χ3n) is 12.1. The van der Waals surface area contributed by atoms with Crippen molar-refractivity contribution in [1.82, 2.24) is 0 Å². The van der Waals surface area contributed by atoms with Crippen molar-refractivity contribution in [2.75, 3.05) is 0 Å². The van der Waals surface area contributed by atoms with Gasteiger partial charge in [0.05, 0.1) is 11.2 Å². The van der Waals surface area contributed by atoms with E-state index in [0.717, 1.165) is 0 Å². The molecule has 4 aliphatic carbocycles. The van der Waals surface area contributed by atoms with Gasteiger partial charge in [-0.3, -0.25) is 19.2 Å². The lowest BCUT2D eigenvalue weighted by Crippen LogP contribution is -2.63. The Bertz CT molecular complexity index is 1210. The lowest BCUT2D eigenvalue weighted by molar-refractivity contribution is -0.198. The second-order valence-corrected chi connectivity index (χ2v) is 15.4. The summed E-state index contributed by atoms with van der Waals surface area (Å²) in [4.78, 5) is 49.9. The zero-order valence-electron chi connectivity index (χ0n) is 27.8. The lowest BCUT2D eigenvalue weighted by Gasteiger charge is -2.61. The van der Waals surface area contributed by atoms with Crippen LogP contribution in [0.5, 0.6) is 0 Å². The van der Waals surface area contributed by atoms with E-state index in [9.17, 15) is 34.5 Å². The zero-order valence-corrected chi connectivity index (χ0v) is 27.8. The smallest absolute Gasteiger partial charge is 0.303 e. The third kappa shape index (κ3) is 5.75. The number of esters is 3. The predicted octanol–water partition coefficient (Wildman–Crippen LogP) is 3.81. The molecule has 0 bridgehead atoms. The number of aliphatic hydroxyl groups is 3. The normalized spacial score (nSPS) is 39.4. The van der Waals surface area contributed by atoms with Crippen LogP contribution in [0.25, 0.3) is 0 Å². The summed E-state index contributed by atoms with van der Waals surface area (Å²) in [6.45, 7) is 14.7. The number of ketones is 1. The van der Waals surface area contributed by atoms with E-state index in [2.05, 4.69) is 0 Å². The van der Waals surface area contributed by atoms with Gasteiger partial charge in [-0.1, -0.05) is 20.8 Å². The number of ether oxygens (including phenoxy) is 3. The molecule has 0 aromatic heterocycles. The van der Waals surface area contributed by atoms with Crippen LogP contribution in [0.1, 0.15) is 107 Å². The Hall–Kier alpha value is -2.30. The molecule has 0 unspecified atom stereocenters. The summed E-state index contributed by atoms with van der Waals surface area (Å²) in [6.07, 6.45) is 1.90. The molecule has 0 aromatic carbocycles. The highest BCUT2D eigenvalue weighted by Gasteiger charge is 2.69. The van der Waals surface area contributed by atoms with E-state index in [1.165, 1.54) is 20.8 Å². The van der Waals surface area contributed by atoms with E-state index in [-0.39, 0.29) is 30.5 Å². The maximum atomic E-state index is 13.8. The van der Waals surface area contributed by atoms with Crippen LogP contribution in [-0.2, 0) is 33.4 Å². The summed E-state index contributed by atoms with van der Waals surface area (Å²) >= 11 is 0. The van der Waals surface area contributed by atoms with E-state index in [4.69, 9.17) is 14.2 Å². The van der Waals surface area contributed by atoms with Crippen LogP contribution in [0.3, 0.4) is 0 Å². The number of hydrogen-bond donors (Lipinski definition) is 3. The molecule has 0 heterocycles. The summed E-state index contributed by atoms with van der Waals surface area (Å²) in [5, 5.41) is 35.5. The summed E-state index contributed by atoms with van der Waals surface area (Å²) in [5.74, 6) is -3.14. The molecule has 0 saturated heterocycles. The summed E-state index contributed by atoms with van der Waals surface area (Å²) in [7, 11) is 0. The van der Waals surface area contributed by atoms with Gasteiger partial charge in [0.15, 0.2) is 5.78 Å². The first-order valence-corrected chi connectivity index (χ1v) is 16.0. The average Bonchev–Trinajstić information content (AvgIpc) is 3.15. The Kier molecular flexibility index (Phi) is 9.03. The van der Waals surface area contributed by atoms with Gasteiger partial charge in [-0.15, -0.1) is 0 Å². The Morgan fingerprint density at radius 2 is 1.55 bits per heavy atom. The molecule has 44 heavy (non-hydrogen) atoms. The fourth-order valence-electron chi connectivity index (χ4n) is 9.38. The van der Waals surface area contributed by atoms with E-state index in [1.54, 1.807) is 26.8 Å². The maximum Gasteiger partial charge on any atom is 0.303 e. The number of rotatable bonds is 8. The van der Waals surface area contributed by atoms with E-state index >= 15 is 0 Å². The highest BCUT2D eigenvalue weighted by molar-refractivity contribution is 5.95. The standard InChI is InChI=1S/C34H52O10/c1-18(30(5,6)39)14-29(44-21(4)37)33(9,40)28-11-13-34(41)23-15-25(38)24-16-26(42-19(2)35)27(43-20(3)36)17-31(24,7)22(23)10-12-32(28,34)8/h15,18,22,24,26-29,39-41H,10-14,16-17H2,1-9H3/t18-,22-,24-,26+,27-,28-,29+,31+,32+,33+,34+/m0/s1. The van der Waals surface area contributed by atoms with E-state index in [0.29, 0.717) is 37.7 Å². The molecule has 3 fully saturated rings.